The zero-order valence-electron chi connectivity index (χ0n) is 24.0. The second-order valence-electron chi connectivity index (χ2n) is 11.4. The van der Waals surface area contributed by atoms with Gasteiger partial charge in [0.25, 0.3) is 0 Å². The molecule has 10 rings (SSSR count). The van der Waals surface area contributed by atoms with Crippen LogP contribution in [0.25, 0.3) is 83.4 Å². The molecule has 0 aliphatic rings. The van der Waals surface area contributed by atoms with Crippen molar-refractivity contribution < 1.29 is 0 Å². The van der Waals surface area contributed by atoms with E-state index < -0.39 is 0 Å². The molecular formula is C39H24N6. The second-order valence-corrected chi connectivity index (χ2v) is 11.4. The van der Waals surface area contributed by atoms with Crippen LogP contribution >= 0.6 is 0 Å². The van der Waals surface area contributed by atoms with Gasteiger partial charge in [0.05, 0.1) is 27.8 Å². The largest absolute Gasteiger partial charge is 0.278 e. The second kappa shape index (κ2) is 9.11. The molecule has 10 aromatic rings. The van der Waals surface area contributed by atoms with Crippen molar-refractivity contribution in [2.24, 2.45) is 0 Å². The fraction of sp³-hybridized carbons (Fsp3) is 0. The Hall–Kier alpha value is -6.27. The molecule has 0 aliphatic carbocycles. The molecule has 6 nitrogen and oxygen atoms in total. The summed E-state index contributed by atoms with van der Waals surface area (Å²) in [5.41, 5.74) is 8.96. The first-order valence-electron chi connectivity index (χ1n) is 15.1. The van der Waals surface area contributed by atoms with Gasteiger partial charge < -0.3 is 0 Å². The van der Waals surface area contributed by atoms with Crippen LogP contribution in [0.3, 0.4) is 0 Å². The SMILES string of the molecule is c1ccc(-c2nc(-n3c4ccccc4c4nc5n(-c6ccccc6)c6ccccc6n5c43)nc3c2ccc2ccccc23)cc1. The van der Waals surface area contributed by atoms with Crippen LogP contribution in [0.15, 0.2) is 146 Å². The minimum atomic E-state index is 0.613. The van der Waals surface area contributed by atoms with E-state index >= 15 is 0 Å². The van der Waals surface area contributed by atoms with E-state index in [2.05, 4.69) is 147 Å². The summed E-state index contributed by atoms with van der Waals surface area (Å²) in [5.74, 6) is 1.46. The Morgan fingerprint density at radius 1 is 0.422 bits per heavy atom. The lowest BCUT2D eigenvalue weighted by Gasteiger charge is -2.13. The Balaban J connectivity index is 1.41. The van der Waals surface area contributed by atoms with Crippen LogP contribution in [0.1, 0.15) is 0 Å². The first-order valence-corrected chi connectivity index (χ1v) is 15.1. The van der Waals surface area contributed by atoms with Gasteiger partial charge in [-0.3, -0.25) is 13.5 Å². The standard InChI is InChI=1S/C39H24N6/c1-3-14-26(15-4-1)34-30-24-23-25-13-7-8-18-28(25)35(30)41-38(40-34)44-31-20-10-9-19-29(31)36-37(44)45-33-22-12-11-21-32(33)43(39(45)42-36)27-16-5-2-6-17-27/h1-24H. The molecule has 0 spiro atoms. The van der Waals surface area contributed by atoms with Crippen LogP contribution in [-0.2, 0) is 0 Å². The highest BCUT2D eigenvalue weighted by molar-refractivity contribution is 6.11. The molecule has 0 aliphatic heterocycles. The van der Waals surface area contributed by atoms with Gasteiger partial charge >= 0.3 is 0 Å². The van der Waals surface area contributed by atoms with Gasteiger partial charge in [-0.25, -0.2) is 15.0 Å². The third-order valence-corrected chi connectivity index (χ3v) is 8.85. The van der Waals surface area contributed by atoms with Crippen LogP contribution in [0.5, 0.6) is 0 Å². The zero-order valence-corrected chi connectivity index (χ0v) is 24.0. The minimum Gasteiger partial charge on any atom is -0.278 e. The average Bonchev–Trinajstić information content (AvgIpc) is 3.74. The van der Waals surface area contributed by atoms with E-state index in [4.69, 9.17) is 15.0 Å². The number of para-hydroxylation sites is 4. The Morgan fingerprint density at radius 3 is 1.91 bits per heavy atom. The topological polar surface area (TPSA) is 52.9 Å². The fourth-order valence-corrected chi connectivity index (χ4v) is 6.89. The van der Waals surface area contributed by atoms with E-state index in [1.807, 2.05) is 12.1 Å². The monoisotopic (exact) mass is 576 g/mol. The van der Waals surface area contributed by atoms with Crippen LogP contribution in [-0.4, -0.2) is 28.5 Å². The van der Waals surface area contributed by atoms with Crippen molar-refractivity contribution in [2.45, 2.75) is 0 Å². The fourth-order valence-electron chi connectivity index (χ4n) is 6.89. The summed E-state index contributed by atoms with van der Waals surface area (Å²) in [4.78, 5) is 16.1. The van der Waals surface area contributed by atoms with Gasteiger partial charge in [0.2, 0.25) is 11.7 Å². The molecule has 0 N–H and O–H groups in total. The highest BCUT2D eigenvalue weighted by atomic mass is 15.3. The van der Waals surface area contributed by atoms with Gasteiger partial charge in [0.15, 0.2) is 5.65 Å². The molecule has 0 fully saturated rings. The number of hydrogen-bond acceptors (Lipinski definition) is 3. The van der Waals surface area contributed by atoms with Crippen molar-refractivity contribution >= 4 is 60.6 Å². The maximum Gasteiger partial charge on any atom is 0.237 e. The summed E-state index contributed by atoms with van der Waals surface area (Å²) in [7, 11) is 0. The molecule has 0 saturated carbocycles. The summed E-state index contributed by atoms with van der Waals surface area (Å²) in [6.45, 7) is 0. The molecule has 0 unspecified atom stereocenters. The highest BCUT2D eigenvalue weighted by Crippen LogP contribution is 2.38. The highest BCUT2D eigenvalue weighted by Gasteiger charge is 2.25. The lowest BCUT2D eigenvalue weighted by molar-refractivity contribution is 0.991. The van der Waals surface area contributed by atoms with Crippen molar-refractivity contribution in [2.75, 3.05) is 0 Å². The first-order chi connectivity index (χ1) is 22.3. The minimum absolute atomic E-state index is 0.613. The van der Waals surface area contributed by atoms with Crippen molar-refractivity contribution in [3.8, 4) is 22.9 Å². The van der Waals surface area contributed by atoms with Crippen LogP contribution in [0.4, 0.5) is 0 Å². The molecule has 4 aromatic heterocycles. The summed E-state index contributed by atoms with van der Waals surface area (Å²) in [6.07, 6.45) is 0. The van der Waals surface area contributed by atoms with E-state index in [1.54, 1.807) is 0 Å². The predicted molar refractivity (Wildman–Crippen MR) is 182 cm³/mol. The van der Waals surface area contributed by atoms with Gasteiger partial charge in [-0.05, 0) is 41.8 Å². The number of aromatic nitrogens is 6. The van der Waals surface area contributed by atoms with Gasteiger partial charge in [-0.15, -0.1) is 0 Å². The Bertz CT molecular complexity index is 2750. The lowest BCUT2D eigenvalue weighted by Crippen LogP contribution is -2.05. The van der Waals surface area contributed by atoms with Gasteiger partial charge in [0.1, 0.15) is 5.52 Å². The molecule has 0 saturated heterocycles. The smallest absolute Gasteiger partial charge is 0.237 e. The summed E-state index contributed by atoms with van der Waals surface area (Å²) in [5, 5.41) is 4.33. The van der Waals surface area contributed by atoms with E-state index in [0.717, 1.165) is 77.5 Å². The van der Waals surface area contributed by atoms with Crippen molar-refractivity contribution in [3.05, 3.63) is 146 Å². The first kappa shape index (κ1) is 24.2. The van der Waals surface area contributed by atoms with Crippen molar-refractivity contribution in [1.29, 1.82) is 0 Å². The number of imidazole rings is 2. The third-order valence-electron chi connectivity index (χ3n) is 8.85. The quantitative estimate of drug-likeness (QED) is 0.197. The molecule has 210 valence electrons. The molecule has 45 heavy (non-hydrogen) atoms. The number of nitrogens with zero attached hydrogens (tertiary/aromatic N) is 6. The number of benzene rings is 6. The summed E-state index contributed by atoms with van der Waals surface area (Å²) < 4.78 is 6.69. The molecule has 0 amide bonds. The van der Waals surface area contributed by atoms with Crippen LogP contribution < -0.4 is 0 Å². The van der Waals surface area contributed by atoms with Crippen LogP contribution in [0, 0.1) is 0 Å². The van der Waals surface area contributed by atoms with Crippen LogP contribution in [0.2, 0.25) is 0 Å². The lowest BCUT2D eigenvalue weighted by atomic mass is 10.0. The van der Waals surface area contributed by atoms with Crippen molar-refractivity contribution in [3.63, 3.8) is 0 Å². The van der Waals surface area contributed by atoms with Gasteiger partial charge in [-0.2, -0.15) is 0 Å². The van der Waals surface area contributed by atoms with E-state index in [9.17, 15) is 0 Å². The molecule has 6 aromatic carbocycles. The molecular weight excluding hydrogens is 552 g/mol. The summed E-state index contributed by atoms with van der Waals surface area (Å²) in [6, 6.07) is 50.5. The van der Waals surface area contributed by atoms with E-state index in [1.165, 1.54) is 0 Å². The number of hydrogen-bond donors (Lipinski definition) is 0. The molecule has 0 radical (unpaired) electrons. The molecule has 0 bridgehead atoms. The van der Waals surface area contributed by atoms with E-state index in [0.29, 0.717) is 5.95 Å². The predicted octanol–water partition coefficient (Wildman–Crippen LogP) is 9.14. The Morgan fingerprint density at radius 2 is 1.09 bits per heavy atom. The number of rotatable bonds is 3. The van der Waals surface area contributed by atoms with E-state index in [-0.39, 0.29) is 0 Å². The zero-order chi connectivity index (χ0) is 29.5. The maximum atomic E-state index is 5.37. The van der Waals surface area contributed by atoms with Crippen molar-refractivity contribution in [1.82, 2.24) is 28.5 Å². The summed E-state index contributed by atoms with van der Waals surface area (Å²) >= 11 is 0. The number of fused-ring (bicyclic) bond motifs is 10. The van der Waals surface area contributed by atoms with Gasteiger partial charge in [0, 0.05) is 27.4 Å². The Kier molecular flexibility index (Phi) is 4.90. The molecule has 6 heteroatoms. The third kappa shape index (κ3) is 3.36. The molecule has 4 heterocycles. The average molecular weight is 577 g/mol. The Labute approximate surface area is 257 Å². The normalized spacial score (nSPS) is 12.0. The molecule has 0 atom stereocenters. The maximum absolute atomic E-state index is 5.37. The van der Waals surface area contributed by atoms with Gasteiger partial charge in [-0.1, -0.05) is 109 Å².